The van der Waals surface area contributed by atoms with Crippen LogP contribution >= 0.6 is 0 Å². The molecule has 3 rings (SSSR count). The van der Waals surface area contributed by atoms with Crippen molar-refractivity contribution in [3.05, 3.63) is 40.9 Å². The molecule has 0 spiro atoms. The fraction of sp³-hybridized carbons (Fsp3) is 0.467. The van der Waals surface area contributed by atoms with Crippen molar-refractivity contribution in [3.63, 3.8) is 0 Å². The first kappa shape index (κ1) is 12.4. The van der Waals surface area contributed by atoms with Gasteiger partial charge in [0, 0.05) is 0 Å². The SMILES string of the molecule is CC1CC[NH+](Cn2cnc3ccccc3c2=O)CC1. The van der Waals surface area contributed by atoms with Crippen molar-refractivity contribution in [3.8, 4) is 0 Å². The van der Waals surface area contributed by atoms with Crippen LogP contribution in [0, 0.1) is 5.92 Å². The van der Waals surface area contributed by atoms with Crippen LogP contribution in [0.4, 0.5) is 0 Å². The van der Waals surface area contributed by atoms with Crippen LogP contribution in [0.25, 0.3) is 10.9 Å². The Morgan fingerprint density at radius 1 is 1.32 bits per heavy atom. The third-order valence-corrected chi connectivity index (χ3v) is 4.11. The number of hydrogen-bond acceptors (Lipinski definition) is 2. The highest BCUT2D eigenvalue weighted by molar-refractivity contribution is 5.76. The van der Waals surface area contributed by atoms with Crippen molar-refractivity contribution < 1.29 is 4.90 Å². The molecule has 0 atom stereocenters. The van der Waals surface area contributed by atoms with Crippen molar-refractivity contribution in [1.29, 1.82) is 0 Å². The third-order valence-electron chi connectivity index (χ3n) is 4.11. The Bertz CT molecular complexity index is 627. The minimum absolute atomic E-state index is 0.0803. The van der Waals surface area contributed by atoms with Gasteiger partial charge in [-0.15, -0.1) is 0 Å². The van der Waals surface area contributed by atoms with Gasteiger partial charge in [0.1, 0.15) is 6.33 Å². The predicted molar refractivity (Wildman–Crippen MR) is 75.1 cm³/mol. The fourth-order valence-corrected chi connectivity index (χ4v) is 2.79. The van der Waals surface area contributed by atoms with E-state index in [-0.39, 0.29) is 5.56 Å². The summed E-state index contributed by atoms with van der Waals surface area (Å²) in [4.78, 5) is 18.2. The average molecular weight is 258 g/mol. The normalized spacial score (nSPS) is 23.6. The summed E-state index contributed by atoms with van der Waals surface area (Å²) in [5.74, 6) is 0.829. The van der Waals surface area contributed by atoms with Gasteiger partial charge >= 0.3 is 0 Å². The molecule has 1 N–H and O–H groups in total. The number of aromatic nitrogens is 2. The molecule has 0 unspecified atom stereocenters. The molecule has 4 nitrogen and oxygen atoms in total. The maximum atomic E-state index is 12.4. The van der Waals surface area contributed by atoms with Crippen LogP contribution in [0.5, 0.6) is 0 Å². The Balaban J connectivity index is 1.85. The Labute approximate surface area is 112 Å². The standard InChI is InChI=1S/C15H19N3O/c1-12-6-8-17(9-7-12)11-18-10-16-14-5-3-2-4-13(14)15(18)19/h2-5,10,12H,6-9,11H2,1H3/p+1. The number of fused-ring (bicyclic) bond motifs is 1. The highest BCUT2D eigenvalue weighted by atomic mass is 16.1. The minimum atomic E-state index is 0.0803. The predicted octanol–water partition coefficient (Wildman–Crippen LogP) is 0.669. The number of rotatable bonds is 2. The number of nitrogens with zero attached hydrogens (tertiary/aromatic N) is 2. The smallest absolute Gasteiger partial charge is 0.265 e. The van der Waals surface area contributed by atoms with E-state index in [1.54, 1.807) is 10.9 Å². The van der Waals surface area contributed by atoms with Crippen molar-refractivity contribution >= 4 is 10.9 Å². The van der Waals surface area contributed by atoms with Crippen LogP contribution in [0.15, 0.2) is 35.4 Å². The van der Waals surface area contributed by atoms with Gasteiger partial charge in [-0.3, -0.25) is 4.79 Å². The van der Waals surface area contributed by atoms with E-state index in [1.165, 1.54) is 17.7 Å². The van der Waals surface area contributed by atoms with E-state index in [0.717, 1.165) is 36.6 Å². The molecule has 0 aliphatic carbocycles. The molecular weight excluding hydrogens is 238 g/mol. The van der Waals surface area contributed by atoms with E-state index in [9.17, 15) is 4.79 Å². The second-order valence-electron chi connectivity index (χ2n) is 5.63. The summed E-state index contributed by atoms with van der Waals surface area (Å²) in [6, 6.07) is 7.55. The van der Waals surface area contributed by atoms with Crippen LogP contribution in [0.1, 0.15) is 19.8 Å². The number of quaternary nitrogens is 1. The molecular formula is C15H20N3O+. The van der Waals surface area contributed by atoms with Gasteiger partial charge in [-0.1, -0.05) is 19.1 Å². The van der Waals surface area contributed by atoms with Crippen LogP contribution in [-0.4, -0.2) is 22.6 Å². The first-order chi connectivity index (χ1) is 9.24. The molecule has 1 aromatic heterocycles. The Kier molecular flexibility index (Phi) is 3.34. The van der Waals surface area contributed by atoms with Crippen LogP contribution < -0.4 is 10.5 Å². The quantitative estimate of drug-likeness (QED) is 0.860. The molecule has 0 bridgehead atoms. The van der Waals surface area contributed by atoms with E-state index in [0.29, 0.717) is 0 Å². The molecule has 1 aromatic carbocycles. The van der Waals surface area contributed by atoms with Crippen molar-refractivity contribution in [1.82, 2.24) is 9.55 Å². The number of para-hydroxylation sites is 1. The molecule has 1 aliphatic rings. The lowest BCUT2D eigenvalue weighted by Gasteiger charge is -2.27. The first-order valence-electron chi connectivity index (χ1n) is 7.02. The van der Waals surface area contributed by atoms with Crippen LogP contribution in [0.3, 0.4) is 0 Å². The summed E-state index contributed by atoms with van der Waals surface area (Å²) < 4.78 is 1.76. The molecule has 2 heterocycles. The topological polar surface area (TPSA) is 39.3 Å². The van der Waals surface area contributed by atoms with E-state index in [2.05, 4.69) is 11.9 Å². The van der Waals surface area contributed by atoms with Gasteiger partial charge in [-0.2, -0.15) is 0 Å². The van der Waals surface area contributed by atoms with Gasteiger partial charge in [0.05, 0.1) is 24.0 Å². The number of benzene rings is 1. The van der Waals surface area contributed by atoms with Gasteiger partial charge in [-0.05, 0) is 30.9 Å². The molecule has 0 saturated carbocycles. The van der Waals surface area contributed by atoms with Gasteiger partial charge in [-0.25, -0.2) is 9.55 Å². The van der Waals surface area contributed by atoms with E-state index in [4.69, 9.17) is 0 Å². The maximum absolute atomic E-state index is 12.4. The van der Waals surface area contributed by atoms with Gasteiger partial charge in [0.2, 0.25) is 0 Å². The Morgan fingerprint density at radius 2 is 2.05 bits per heavy atom. The lowest BCUT2D eigenvalue weighted by Crippen LogP contribution is -3.12. The summed E-state index contributed by atoms with van der Waals surface area (Å²) in [7, 11) is 0. The van der Waals surface area contributed by atoms with Crippen molar-refractivity contribution in [2.75, 3.05) is 13.1 Å². The number of nitrogens with one attached hydrogen (secondary N) is 1. The average Bonchev–Trinajstić information content (AvgIpc) is 2.45. The molecule has 4 heteroatoms. The highest BCUT2D eigenvalue weighted by Gasteiger charge is 2.19. The fourth-order valence-electron chi connectivity index (χ4n) is 2.79. The zero-order chi connectivity index (χ0) is 13.2. The first-order valence-corrected chi connectivity index (χ1v) is 7.02. The molecule has 1 saturated heterocycles. The zero-order valence-electron chi connectivity index (χ0n) is 11.3. The van der Waals surface area contributed by atoms with Crippen LogP contribution in [0.2, 0.25) is 0 Å². The van der Waals surface area contributed by atoms with Crippen LogP contribution in [-0.2, 0) is 6.67 Å². The second-order valence-corrected chi connectivity index (χ2v) is 5.63. The second kappa shape index (κ2) is 5.13. The molecule has 2 aromatic rings. The molecule has 19 heavy (non-hydrogen) atoms. The van der Waals surface area contributed by atoms with E-state index < -0.39 is 0 Å². The lowest BCUT2D eigenvalue weighted by molar-refractivity contribution is -0.928. The molecule has 1 fully saturated rings. The van der Waals surface area contributed by atoms with Gasteiger partial charge in [0.15, 0.2) is 6.67 Å². The monoisotopic (exact) mass is 258 g/mol. The van der Waals surface area contributed by atoms with Gasteiger partial charge < -0.3 is 4.90 Å². The summed E-state index contributed by atoms with van der Waals surface area (Å²) in [5.41, 5.74) is 0.864. The molecule has 100 valence electrons. The molecule has 0 radical (unpaired) electrons. The third kappa shape index (κ3) is 2.54. The van der Waals surface area contributed by atoms with Crippen molar-refractivity contribution in [2.24, 2.45) is 5.92 Å². The number of hydrogen-bond donors (Lipinski definition) is 1. The molecule has 0 amide bonds. The van der Waals surface area contributed by atoms with E-state index in [1.807, 2.05) is 24.3 Å². The van der Waals surface area contributed by atoms with Crippen molar-refractivity contribution in [2.45, 2.75) is 26.4 Å². The Morgan fingerprint density at radius 3 is 2.84 bits per heavy atom. The lowest BCUT2D eigenvalue weighted by atomic mass is 10.00. The largest absolute Gasteiger partial charge is 0.317 e. The Hall–Kier alpha value is -1.68. The maximum Gasteiger partial charge on any atom is 0.265 e. The molecule has 1 aliphatic heterocycles. The number of piperidine rings is 1. The minimum Gasteiger partial charge on any atom is -0.317 e. The number of likely N-dealkylation sites (tertiary alicyclic amines) is 1. The van der Waals surface area contributed by atoms with Gasteiger partial charge in [0.25, 0.3) is 5.56 Å². The highest BCUT2D eigenvalue weighted by Crippen LogP contribution is 2.07. The summed E-state index contributed by atoms with van der Waals surface area (Å²) in [5, 5.41) is 0.717. The summed E-state index contributed by atoms with van der Waals surface area (Å²) in [6.07, 6.45) is 4.20. The van der Waals surface area contributed by atoms with E-state index >= 15 is 0 Å². The summed E-state index contributed by atoms with van der Waals surface area (Å²) >= 11 is 0. The zero-order valence-corrected chi connectivity index (χ0v) is 11.3. The summed E-state index contributed by atoms with van der Waals surface area (Å²) in [6.45, 7) is 5.35.